The number of para-hydroxylation sites is 1. The molecular formula is C22H15FN4O3S. The Morgan fingerprint density at radius 1 is 1.16 bits per heavy atom. The van der Waals surface area contributed by atoms with E-state index in [9.17, 15) is 18.8 Å². The van der Waals surface area contributed by atoms with Crippen LogP contribution in [0, 0.1) is 17.1 Å². The van der Waals surface area contributed by atoms with E-state index >= 15 is 0 Å². The second-order valence-corrected chi connectivity index (χ2v) is 7.70. The standard InChI is InChI=1S/C22H15FN4O3S/c23-15-5-7-16(8-6-15)25-20(28)13-27-21(29)19(31-22(27)30)11-14-12-26(10-9-24)18-4-2-1-3-17(14)18/h1-8,11-12H,10,13H2,(H,25,28). The summed E-state index contributed by atoms with van der Waals surface area (Å²) in [4.78, 5) is 38.4. The fourth-order valence-corrected chi connectivity index (χ4v) is 4.08. The van der Waals surface area contributed by atoms with Crippen LogP contribution >= 0.6 is 11.8 Å². The highest BCUT2D eigenvalue weighted by Gasteiger charge is 2.36. The highest BCUT2D eigenvalue weighted by Crippen LogP contribution is 2.34. The molecule has 0 bridgehead atoms. The number of carbonyl (C=O) groups excluding carboxylic acids is 3. The van der Waals surface area contributed by atoms with Crippen LogP contribution in [0.2, 0.25) is 0 Å². The molecule has 2 aromatic carbocycles. The van der Waals surface area contributed by atoms with Gasteiger partial charge in [-0.1, -0.05) is 18.2 Å². The number of nitrogens with one attached hydrogen (secondary N) is 1. The summed E-state index contributed by atoms with van der Waals surface area (Å²) in [5, 5.41) is 11.9. The van der Waals surface area contributed by atoms with Crippen molar-refractivity contribution in [2.45, 2.75) is 6.54 Å². The Kier molecular flexibility index (Phi) is 5.56. The summed E-state index contributed by atoms with van der Waals surface area (Å²) in [6.07, 6.45) is 3.35. The van der Waals surface area contributed by atoms with Crippen molar-refractivity contribution in [3.8, 4) is 6.07 Å². The van der Waals surface area contributed by atoms with Crippen molar-refractivity contribution in [3.63, 3.8) is 0 Å². The normalized spacial score (nSPS) is 15.0. The summed E-state index contributed by atoms with van der Waals surface area (Å²) in [6.45, 7) is -0.297. The van der Waals surface area contributed by atoms with E-state index < -0.39 is 29.4 Å². The molecule has 0 radical (unpaired) electrons. The van der Waals surface area contributed by atoms with Crippen LogP contribution in [-0.2, 0) is 16.1 Å². The second kappa shape index (κ2) is 8.45. The van der Waals surface area contributed by atoms with Crippen LogP contribution in [0.25, 0.3) is 17.0 Å². The number of fused-ring (bicyclic) bond motifs is 1. The molecule has 9 heteroatoms. The van der Waals surface area contributed by atoms with Gasteiger partial charge in [-0.25, -0.2) is 4.39 Å². The lowest BCUT2D eigenvalue weighted by Gasteiger charge is -2.12. The third-order valence-corrected chi connectivity index (χ3v) is 5.56. The number of imide groups is 1. The summed E-state index contributed by atoms with van der Waals surface area (Å²) in [7, 11) is 0. The van der Waals surface area contributed by atoms with Crippen molar-refractivity contribution in [2.75, 3.05) is 11.9 Å². The lowest BCUT2D eigenvalue weighted by molar-refractivity contribution is -0.127. The average molecular weight is 434 g/mol. The summed E-state index contributed by atoms with van der Waals surface area (Å²) in [6, 6.07) is 14.7. The van der Waals surface area contributed by atoms with Gasteiger partial charge in [-0.15, -0.1) is 0 Å². The molecule has 2 heterocycles. The van der Waals surface area contributed by atoms with Crippen LogP contribution in [0.4, 0.5) is 14.9 Å². The second-order valence-electron chi connectivity index (χ2n) is 6.71. The zero-order valence-corrected chi connectivity index (χ0v) is 16.9. The van der Waals surface area contributed by atoms with Gasteiger partial charge < -0.3 is 9.88 Å². The molecule has 31 heavy (non-hydrogen) atoms. The number of thioether (sulfide) groups is 1. The van der Waals surface area contributed by atoms with Gasteiger partial charge in [-0.3, -0.25) is 19.3 Å². The molecule has 1 aromatic heterocycles. The summed E-state index contributed by atoms with van der Waals surface area (Å²) >= 11 is 0.753. The minimum absolute atomic E-state index is 0.152. The highest BCUT2D eigenvalue weighted by molar-refractivity contribution is 8.18. The van der Waals surface area contributed by atoms with E-state index in [1.54, 1.807) is 16.8 Å². The van der Waals surface area contributed by atoms with Crippen molar-refractivity contribution in [2.24, 2.45) is 0 Å². The van der Waals surface area contributed by atoms with Gasteiger partial charge in [0.05, 0.1) is 11.0 Å². The van der Waals surface area contributed by atoms with Crippen LogP contribution in [0.5, 0.6) is 0 Å². The number of anilines is 1. The van der Waals surface area contributed by atoms with E-state index in [1.165, 1.54) is 24.3 Å². The monoisotopic (exact) mass is 434 g/mol. The largest absolute Gasteiger partial charge is 0.333 e. The SMILES string of the molecule is N#CCn1cc(C=C2SC(=O)N(CC(=O)Nc3ccc(F)cc3)C2=O)c2ccccc21. The van der Waals surface area contributed by atoms with Crippen LogP contribution in [0.15, 0.2) is 59.6 Å². The number of halogens is 1. The van der Waals surface area contributed by atoms with E-state index in [4.69, 9.17) is 5.26 Å². The van der Waals surface area contributed by atoms with Crippen LogP contribution in [0.1, 0.15) is 5.56 Å². The summed E-state index contributed by atoms with van der Waals surface area (Å²) in [5.41, 5.74) is 1.90. The lowest BCUT2D eigenvalue weighted by atomic mass is 10.1. The number of hydrogen-bond donors (Lipinski definition) is 1. The molecule has 0 atom stereocenters. The maximum Gasteiger partial charge on any atom is 0.294 e. The van der Waals surface area contributed by atoms with Crippen LogP contribution < -0.4 is 5.32 Å². The molecule has 1 aliphatic heterocycles. The first kappa shape index (κ1) is 20.4. The molecule has 0 unspecified atom stereocenters. The van der Waals surface area contributed by atoms with Crippen LogP contribution in [-0.4, -0.2) is 33.1 Å². The lowest BCUT2D eigenvalue weighted by Crippen LogP contribution is -2.36. The van der Waals surface area contributed by atoms with Gasteiger partial charge in [0.2, 0.25) is 5.91 Å². The molecular weight excluding hydrogens is 419 g/mol. The highest BCUT2D eigenvalue weighted by atomic mass is 32.2. The van der Waals surface area contributed by atoms with Crippen molar-refractivity contribution in [3.05, 3.63) is 71.0 Å². The zero-order chi connectivity index (χ0) is 22.0. The number of carbonyl (C=O) groups is 3. The van der Waals surface area contributed by atoms with Gasteiger partial charge in [-0.2, -0.15) is 5.26 Å². The average Bonchev–Trinajstić information content (AvgIpc) is 3.22. The number of aromatic nitrogens is 1. The van der Waals surface area contributed by atoms with Crippen molar-refractivity contribution < 1.29 is 18.8 Å². The van der Waals surface area contributed by atoms with E-state index in [2.05, 4.69) is 11.4 Å². The van der Waals surface area contributed by atoms with Gasteiger partial charge in [0.15, 0.2) is 0 Å². The summed E-state index contributed by atoms with van der Waals surface area (Å²) in [5.74, 6) is -1.58. The molecule has 1 fully saturated rings. The minimum Gasteiger partial charge on any atom is -0.333 e. The number of nitriles is 1. The number of hydrogen-bond acceptors (Lipinski definition) is 5. The number of amides is 3. The smallest absolute Gasteiger partial charge is 0.294 e. The third-order valence-electron chi connectivity index (χ3n) is 4.65. The molecule has 154 valence electrons. The topological polar surface area (TPSA) is 95.2 Å². The fourth-order valence-electron chi connectivity index (χ4n) is 3.25. The molecule has 4 rings (SSSR count). The Balaban J connectivity index is 1.54. The van der Waals surface area contributed by atoms with Crippen LogP contribution in [0.3, 0.4) is 0 Å². The molecule has 0 saturated carbocycles. The fraction of sp³-hybridized carbons (Fsp3) is 0.0909. The van der Waals surface area contributed by atoms with Gasteiger partial charge in [0, 0.05) is 28.4 Å². The quantitative estimate of drug-likeness (QED) is 0.613. The molecule has 1 N–H and O–H groups in total. The molecule has 1 saturated heterocycles. The first-order valence-corrected chi connectivity index (χ1v) is 10.0. The molecule has 7 nitrogen and oxygen atoms in total. The third kappa shape index (κ3) is 4.20. The van der Waals surface area contributed by atoms with E-state index in [-0.39, 0.29) is 11.4 Å². The van der Waals surface area contributed by atoms with Gasteiger partial charge in [0.25, 0.3) is 11.1 Å². The van der Waals surface area contributed by atoms with Crippen molar-refractivity contribution >= 4 is 51.5 Å². The summed E-state index contributed by atoms with van der Waals surface area (Å²) < 4.78 is 14.7. The first-order chi connectivity index (χ1) is 15.0. The number of rotatable bonds is 5. The predicted molar refractivity (Wildman–Crippen MR) is 115 cm³/mol. The van der Waals surface area contributed by atoms with E-state index in [1.807, 2.05) is 24.3 Å². The Morgan fingerprint density at radius 3 is 2.65 bits per heavy atom. The maximum atomic E-state index is 13.0. The molecule has 3 amide bonds. The molecule has 0 spiro atoms. The number of benzene rings is 2. The van der Waals surface area contributed by atoms with Crippen molar-refractivity contribution in [1.82, 2.24) is 9.47 Å². The van der Waals surface area contributed by atoms with Gasteiger partial charge in [0.1, 0.15) is 18.9 Å². The first-order valence-electron chi connectivity index (χ1n) is 9.22. The maximum absolute atomic E-state index is 13.0. The number of nitrogens with zero attached hydrogens (tertiary/aromatic N) is 3. The Bertz CT molecular complexity index is 1270. The molecule has 1 aliphatic rings. The van der Waals surface area contributed by atoms with E-state index in [0.717, 1.165) is 27.6 Å². The Morgan fingerprint density at radius 2 is 1.90 bits per heavy atom. The molecule has 0 aliphatic carbocycles. The minimum atomic E-state index is -0.569. The van der Waals surface area contributed by atoms with Gasteiger partial charge >= 0.3 is 0 Å². The molecule has 3 aromatic rings. The Hall–Kier alpha value is -3.90. The zero-order valence-electron chi connectivity index (χ0n) is 16.0. The van der Waals surface area contributed by atoms with E-state index in [0.29, 0.717) is 11.3 Å². The van der Waals surface area contributed by atoms with Crippen molar-refractivity contribution in [1.29, 1.82) is 5.26 Å². The van der Waals surface area contributed by atoms with Gasteiger partial charge in [-0.05, 0) is 48.2 Å². The predicted octanol–water partition coefficient (Wildman–Crippen LogP) is 3.98. The Labute approximate surface area is 180 Å².